The monoisotopic (exact) mass is 292 g/mol. The van der Waals surface area contributed by atoms with E-state index in [4.69, 9.17) is 4.74 Å². The summed E-state index contributed by atoms with van der Waals surface area (Å²) >= 11 is 0. The molecule has 4 aliphatic rings. The minimum absolute atomic E-state index is 0.0410. The average molecular weight is 292 g/mol. The van der Waals surface area contributed by atoms with Gasteiger partial charge < -0.3 is 4.74 Å². The first-order valence-electron chi connectivity index (χ1n) is 9.14. The quantitative estimate of drug-likeness (QED) is 0.684. The van der Waals surface area contributed by atoms with Crippen LogP contribution in [0.15, 0.2) is 0 Å². The molecule has 0 radical (unpaired) electrons. The summed E-state index contributed by atoms with van der Waals surface area (Å²) in [7, 11) is 0. The number of rotatable bonds is 4. The molecule has 0 aromatic rings. The fourth-order valence-corrected chi connectivity index (χ4v) is 5.40. The van der Waals surface area contributed by atoms with Crippen LogP contribution in [-0.4, -0.2) is 11.6 Å². The van der Waals surface area contributed by atoms with Crippen molar-refractivity contribution < 1.29 is 9.53 Å². The van der Waals surface area contributed by atoms with Crippen LogP contribution in [0.4, 0.5) is 0 Å². The highest BCUT2D eigenvalue weighted by molar-refractivity contribution is 5.76. The Kier molecular flexibility index (Phi) is 3.86. The van der Waals surface area contributed by atoms with Crippen LogP contribution in [0.25, 0.3) is 0 Å². The Morgan fingerprint density at radius 2 is 1.71 bits per heavy atom. The first-order valence-corrected chi connectivity index (χ1v) is 9.14. The van der Waals surface area contributed by atoms with Gasteiger partial charge in [-0.1, -0.05) is 20.3 Å². The van der Waals surface area contributed by atoms with Crippen LogP contribution in [0.1, 0.15) is 79.1 Å². The predicted molar refractivity (Wildman–Crippen MR) is 84.8 cm³/mol. The van der Waals surface area contributed by atoms with Gasteiger partial charge in [0.25, 0.3) is 0 Å². The standard InChI is InChI=1S/C19H32O2/c1-5-18(3,4)17(20)21-19(6-2)15-8-7-13-9-14(11-15)12-16(19)10-13/h13-16H,5-12H2,1-4H3. The van der Waals surface area contributed by atoms with Gasteiger partial charge in [-0.3, -0.25) is 4.79 Å². The fraction of sp³-hybridized carbons (Fsp3) is 0.947. The summed E-state index contributed by atoms with van der Waals surface area (Å²) < 4.78 is 6.36. The number of carbonyl (C=O) groups is 1. The van der Waals surface area contributed by atoms with Crippen LogP contribution in [-0.2, 0) is 9.53 Å². The van der Waals surface area contributed by atoms with E-state index < -0.39 is 0 Å². The minimum atomic E-state index is -0.342. The maximum absolute atomic E-state index is 12.7. The first-order chi connectivity index (χ1) is 9.91. The molecule has 4 rings (SSSR count). The second-order valence-corrected chi connectivity index (χ2v) is 8.58. The summed E-state index contributed by atoms with van der Waals surface area (Å²) in [5, 5.41) is 0. The average Bonchev–Trinajstić information content (AvgIpc) is 2.67. The first kappa shape index (κ1) is 15.4. The molecule has 0 aliphatic heterocycles. The van der Waals surface area contributed by atoms with Gasteiger partial charge in [0.05, 0.1) is 5.41 Å². The van der Waals surface area contributed by atoms with Gasteiger partial charge in [-0.25, -0.2) is 0 Å². The summed E-state index contributed by atoms with van der Waals surface area (Å²) in [4.78, 5) is 12.7. The normalized spacial score (nSPS) is 41.9. The number of fused-ring (bicyclic) bond motifs is 1. The van der Waals surface area contributed by atoms with Crippen molar-refractivity contribution in [3.63, 3.8) is 0 Å². The predicted octanol–water partition coefficient (Wildman–Crippen LogP) is 4.96. The van der Waals surface area contributed by atoms with E-state index in [0.717, 1.165) is 24.7 Å². The van der Waals surface area contributed by atoms with Gasteiger partial charge in [-0.15, -0.1) is 0 Å². The number of hydrogen-bond acceptors (Lipinski definition) is 2. The lowest BCUT2D eigenvalue weighted by Crippen LogP contribution is -2.54. The highest BCUT2D eigenvalue weighted by atomic mass is 16.6. The molecule has 4 saturated carbocycles. The van der Waals surface area contributed by atoms with E-state index in [2.05, 4.69) is 13.8 Å². The van der Waals surface area contributed by atoms with Crippen LogP contribution in [0.5, 0.6) is 0 Å². The number of hydrogen-bond donors (Lipinski definition) is 0. The highest BCUT2D eigenvalue weighted by Crippen LogP contribution is 2.58. The van der Waals surface area contributed by atoms with E-state index in [0.29, 0.717) is 11.8 Å². The molecule has 2 nitrogen and oxygen atoms in total. The zero-order chi connectivity index (χ0) is 15.3. The van der Waals surface area contributed by atoms with Crippen molar-refractivity contribution in [2.24, 2.45) is 29.1 Å². The third kappa shape index (κ3) is 2.43. The molecule has 0 spiro atoms. The third-order valence-electron chi connectivity index (χ3n) is 7.10. The molecule has 120 valence electrons. The molecule has 0 heterocycles. The Morgan fingerprint density at radius 3 is 2.38 bits per heavy atom. The Bertz CT molecular complexity index is 404. The van der Waals surface area contributed by atoms with Crippen LogP contribution < -0.4 is 0 Å². The van der Waals surface area contributed by atoms with Gasteiger partial charge in [0.2, 0.25) is 0 Å². The molecule has 4 aliphatic carbocycles. The van der Waals surface area contributed by atoms with Crippen molar-refractivity contribution in [2.45, 2.75) is 84.7 Å². The van der Waals surface area contributed by atoms with Crippen LogP contribution in [0, 0.1) is 29.1 Å². The molecule has 0 saturated heterocycles. The molecule has 5 unspecified atom stereocenters. The Balaban J connectivity index is 1.87. The summed E-state index contributed by atoms with van der Waals surface area (Å²) in [6.07, 6.45) is 9.88. The maximum Gasteiger partial charge on any atom is 0.312 e. The van der Waals surface area contributed by atoms with Crippen molar-refractivity contribution >= 4 is 5.97 Å². The molecule has 0 aromatic carbocycles. The lowest BCUT2D eigenvalue weighted by molar-refractivity contribution is -0.198. The molecule has 4 fully saturated rings. The van der Waals surface area contributed by atoms with Crippen LogP contribution >= 0.6 is 0 Å². The van der Waals surface area contributed by atoms with Crippen LogP contribution in [0.2, 0.25) is 0 Å². The fourth-order valence-electron chi connectivity index (χ4n) is 5.40. The molecular formula is C19H32O2. The molecule has 0 N–H and O–H groups in total. The van der Waals surface area contributed by atoms with Crippen LogP contribution in [0.3, 0.4) is 0 Å². The van der Waals surface area contributed by atoms with Gasteiger partial charge in [-0.05, 0) is 82.5 Å². The Hall–Kier alpha value is -0.530. The second kappa shape index (κ2) is 5.28. The van der Waals surface area contributed by atoms with Gasteiger partial charge >= 0.3 is 5.97 Å². The number of esters is 1. The third-order valence-corrected chi connectivity index (χ3v) is 7.10. The van der Waals surface area contributed by atoms with E-state index >= 15 is 0 Å². The Morgan fingerprint density at radius 1 is 1.05 bits per heavy atom. The van der Waals surface area contributed by atoms with Crippen molar-refractivity contribution in [3.8, 4) is 0 Å². The molecule has 5 atom stereocenters. The number of carbonyl (C=O) groups excluding carboxylic acids is 1. The lowest BCUT2D eigenvalue weighted by Gasteiger charge is -2.52. The van der Waals surface area contributed by atoms with Crippen molar-refractivity contribution in [3.05, 3.63) is 0 Å². The van der Waals surface area contributed by atoms with Crippen molar-refractivity contribution in [1.82, 2.24) is 0 Å². The van der Waals surface area contributed by atoms with Crippen molar-refractivity contribution in [1.29, 1.82) is 0 Å². The summed E-state index contributed by atoms with van der Waals surface area (Å²) in [6, 6.07) is 0. The maximum atomic E-state index is 12.7. The Labute approximate surface area is 130 Å². The minimum Gasteiger partial charge on any atom is -0.458 e. The van der Waals surface area contributed by atoms with Gasteiger partial charge in [-0.2, -0.15) is 0 Å². The van der Waals surface area contributed by atoms with E-state index in [-0.39, 0.29) is 17.0 Å². The van der Waals surface area contributed by atoms with Gasteiger partial charge in [0.1, 0.15) is 5.60 Å². The molecular weight excluding hydrogens is 260 g/mol. The largest absolute Gasteiger partial charge is 0.458 e. The summed E-state index contributed by atoms with van der Waals surface area (Å²) in [6.45, 7) is 8.39. The lowest BCUT2D eigenvalue weighted by atomic mass is 9.59. The highest BCUT2D eigenvalue weighted by Gasteiger charge is 2.56. The number of ether oxygens (including phenoxy) is 1. The molecule has 0 amide bonds. The van der Waals surface area contributed by atoms with E-state index in [1.807, 2.05) is 13.8 Å². The second-order valence-electron chi connectivity index (χ2n) is 8.58. The molecule has 2 heteroatoms. The van der Waals surface area contributed by atoms with Crippen molar-refractivity contribution in [2.75, 3.05) is 0 Å². The smallest absolute Gasteiger partial charge is 0.312 e. The SMILES string of the molecule is CCC(C)(C)C(=O)OC1(CC)C2CCC3CC(C2)CC1C3. The van der Waals surface area contributed by atoms with E-state index in [9.17, 15) is 4.79 Å². The topological polar surface area (TPSA) is 26.3 Å². The molecule has 0 aromatic heterocycles. The van der Waals surface area contributed by atoms with Gasteiger partial charge in [0, 0.05) is 0 Å². The molecule has 21 heavy (non-hydrogen) atoms. The summed E-state index contributed by atoms with van der Waals surface area (Å²) in [5.74, 6) is 3.11. The van der Waals surface area contributed by atoms with Gasteiger partial charge in [0.15, 0.2) is 0 Å². The summed E-state index contributed by atoms with van der Waals surface area (Å²) in [5.41, 5.74) is -0.485. The molecule has 4 bridgehead atoms. The zero-order valence-corrected chi connectivity index (χ0v) is 14.3. The van der Waals surface area contributed by atoms with E-state index in [1.165, 1.54) is 38.5 Å². The zero-order valence-electron chi connectivity index (χ0n) is 14.3. The van der Waals surface area contributed by atoms with E-state index in [1.54, 1.807) is 0 Å².